The fraction of sp³-hybridized carbons (Fsp3) is 0.500. The first-order valence-electron chi connectivity index (χ1n) is 8.51. The van der Waals surface area contributed by atoms with Crippen molar-refractivity contribution in [2.75, 3.05) is 12.8 Å². The maximum absolute atomic E-state index is 12.2. The summed E-state index contributed by atoms with van der Waals surface area (Å²) in [4.78, 5) is 12.2. The van der Waals surface area contributed by atoms with Gasteiger partial charge in [-0.2, -0.15) is 0 Å². The predicted octanol–water partition coefficient (Wildman–Crippen LogP) is 3.33. The molecule has 0 radical (unpaired) electrons. The summed E-state index contributed by atoms with van der Waals surface area (Å²) < 4.78 is 25.7. The van der Waals surface area contributed by atoms with Crippen LogP contribution in [-0.2, 0) is 14.8 Å². The summed E-state index contributed by atoms with van der Waals surface area (Å²) in [6, 6.07) is 6.21. The Balaban J connectivity index is 1.92. The topological polar surface area (TPSA) is 75.3 Å². The Bertz CT molecular complexity index is 714. The van der Waals surface area contributed by atoms with Gasteiger partial charge in [0.1, 0.15) is 0 Å². The van der Waals surface area contributed by atoms with Crippen LogP contribution in [-0.4, -0.2) is 27.1 Å². The van der Waals surface area contributed by atoms with Crippen molar-refractivity contribution in [1.29, 1.82) is 0 Å². The van der Waals surface area contributed by atoms with Crippen LogP contribution in [0.25, 0.3) is 0 Å². The first kappa shape index (κ1) is 19.9. The van der Waals surface area contributed by atoms with Crippen LogP contribution >= 0.6 is 11.6 Å². The fourth-order valence-corrected chi connectivity index (χ4v) is 3.80. The average molecular weight is 385 g/mol. The molecule has 0 spiro atoms. The number of allylic oxidation sites excluding steroid dienone is 1. The molecule has 0 heterocycles. The lowest BCUT2D eigenvalue weighted by Gasteiger charge is -2.18. The van der Waals surface area contributed by atoms with E-state index in [-0.39, 0.29) is 12.3 Å². The summed E-state index contributed by atoms with van der Waals surface area (Å²) in [5, 5.41) is 3.45. The number of hydrogen-bond acceptors (Lipinski definition) is 3. The zero-order valence-corrected chi connectivity index (χ0v) is 16.0. The van der Waals surface area contributed by atoms with Crippen molar-refractivity contribution in [1.82, 2.24) is 10.0 Å². The molecule has 1 unspecified atom stereocenters. The highest BCUT2D eigenvalue weighted by atomic mass is 35.5. The van der Waals surface area contributed by atoms with E-state index in [1.165, 1.54) is 18.4 Å². The van der Waals surface area contributed by atoms with Gasteiger partial charge in [-0.25, -0.2) is 13.1 Å². The average Bonchev–Trinajstić information content (AvgIpc) is 2.54. The van der Waals surface area contributed by atoms with Gasteiger partial charge in [0, 0.05) is 18.0 Å². The molecule has 0 saturated carbocycles. The van der Waals surface area contributed by atoms with Gasteiger partial charge in [-0.05, 0) is 49.8 Å². The van der Waals surface area contributed by atoms with Crippen molar-refractivity contribution in [3.8, 4) is 0 Å². The highest BCUT2D eigenvalue weighted by Gasteiger charge is 2.19. The van der Waals surface area contributed by atoms with Crippen molar-refractivity contribution in [2.45, 2.75) is 44.6 Å². The van der Waals surface area contributed by atoms with Crippen molar-refractivity contribution in [2.24, 2.45) is 0 Å². The van der Waals surface area contributed by atoms with Gasteiger partial charge >= 0.3 is 0 Å². The van der Waals surface area contributed by atoms with Gasteiger partial charge in [-0.3, -0.25) is 4.79 Å². The number of rotatable bonds is 8. The van der Waals surface area contributed by atoms with Crippen molar-refractivity contribution >= 4 is 27.5 Å². The van der Waals surface area contributed by atoms with Gasteiger partial charge < -0.3 is 5.32 Å². The van der Waals surface area contributed by atoms with E-state index < -0.39 is 16.1 Å². The third-order valence-corrected chi connectivity index (χ3v) is 5.14. The Hall–Kier alpha value is -1.37. The van der Waals surface area contributed by atoms with Crippen LogP contribution < -0.4 is 10.0 Å². The van der Waals surface area contributed by atoms with Crippen LogP contribution in [0.2, 0.25) is 5.02 Å². The highest BCUT2D eigenvalue weighted by Crippen LogP contribution is 2.21. The van der Waals surface area contributed by atoms with Gasteiger partial charge in [-0.15, -0.1) is 0 Å². The number of carbonyl (C=O) groups is 1. The van der Waals surface area contributed by atoms with E-state index in [0.29, 0.717) is 17.1 Å². The number of sulfonamides is 1. The molecule has 2 rings (SSSR count). The van der Waals surface area contributed by atoms with E-state index in [1.54, 1.807) is 24.3 Å². The number of amides is 1. The molecule has 5 nitrogen and oxygen atoms in total. The number of hydrogen-bond donors (Lipinski definition) is 2. The minimum atomic E-state index is -3.44. The minimum absolute atomic E-state index is 0.0494. The van der Waals surface area contributed by atoms with Gasteiger partial charge in [0.25, 0.3) is 0 Å². The number of benzene rings is 1. The second-order valence-corrected chi connectivity index (χ2v) is 8.62. The molecule has 0 aliphatic heterocycles. The standard InChI is InChI=1S/C18H25ClN2O3S/c1-25(23,24)21-17(15-7-9-16(19)10-8-15)13-18(22)20-12-11-14-5-3-2-4-6-14/h5,7-10,17,21H,2-4,6,11-13H2,1H3,(H,20,22). The Morgan fingerprint density at radius 2 is 1.96 bits per heavy atom. The number of carbonyl (C=O) groups excluding carboxylic acids is 1. The maximum atomic E-state index is 12.2. The normalized spacial score (nSPS) is 16.2. The van der Waals surface area contributed by atoms with E-state index in [9.17, 15) is 13.2 Å². The van der Waals surface area contributed by atoms with Crippen LogP contribution in [0.5, 0.6) is 0 Å². The molecule has 138 valence electrons. The summed E-state index contributed by atoms with van der Waals surface area (Å²) in [7, 11) is -3.44. The molecule has 1 amide bonds. The molecule has 1 aliphatic carbocycles. The molecule has 7 heteroatoms. The van der Waals surface area contributed by atoms with Crippen LogP contribution in [0.1, 0.15) is 50.1 Å². The van der Waals surface area contributed by atoms with Gasteiger partial charge in [0.05, 0.1) is 12.3 Å². The Kier molecular flexibility index (Phi) is 7.47. The van der Waals surface area contributed by atoms with Crippen molar-refractivity contribution < 1.29 is 13.2 Å². The zero-order chi connectivity index (χ0) is 18.3. The fourth-order valence-electron chi connectivity index (χ4n) is 2.93. The summed E-state index contributed by atoms with van der Waals surface area (Å²) in [6.07, 6.45) is 8.96. The molecule has 1 aromatic carbocycles. The maximum Gasteiger partial charge on any atom is 0.221 e. The SMILES string of the molecule is CS(=O)(=O)NC(CC(=O)NCCC1=CCCCC1)c1ccc(Cl)cc1. The first-order valence-corrected chi connectivity index (χ1v) is 10.8. The Morgan fingerprint density at radius 1 is 1.24 bits per heavy atom. The van der Waals surface area contributed by atoms with E-state index in [2.05, 4.69) is 16.1 Å². The van der Waals surface area contributed by atoms with E-state index in [4.69, 9.17) is 11.6 Å². The molecule has 1 aliphatic rings. The Morgan fingerprint density at radius 3 is 2.56 bits per heavy atom. The largest absolute Gasteiger partial charge is 0.356 e. The first-order chi connectivity index (χ1) is 11.8. The molecule has 1 aromatic rings. The van der Waals surface area contributed by atoms with Gasteiger partial charge in [0.2, 0.25) is 15.9 Å². The van der Waals surface area contributed by atoms with Gasteiger partial charge in [0.15, 0.2) is 0 Å². The Labute approximate surface area is 154 Å². The number of nitrogens with one attached hydrogen (secondary N) is 2. The smallest absolute Gasteiger partial charge is 0.221 e. The molecule has 0 aromatic heterocycles. The van der Waals surface area contributed by atoms with Crippen LogP contribution in [0.4, 0.5) is 0 Å². The zero-order valence-electron chi connectivity index (χ0n) is 14.4. The summed E-state index contributed by atoms with van der Waals surface area (Å²) in [5.74, 6) is -0.174. The predicted molar refractivity (Wildman–Crippen MR) is 101 cm³/mol. The second-order valence-electron chi connectivity index (χ2n) is 6.41. The number of halogens is 1. The third kappa shape index (κ3) is 7.59. The summed E-state index contributed by atoms with van der Waals surface area (Å²) >= 11 is 5.87. The molecular weight excluding hydrogens is 360 g/mol. The second kappa shape index (κ2) is 9.36. The molecule has 0 fully saturated rings. The van der Waals surface area contributed by atoms with Crippen LogP contribution in [0.3, 0.4) is 0 Å². The highest BCUT2D eigenvalue weighted by molar-refractivity contribution is 7.88. The summed E-state index contributed by atoms with van der Waals surface area (Å²) in [5.41, 5.74) is 2.11. The quantitative estimate of drug-likeness (QED) is 0.675. The lowest BCUT2D eigenvalue weighted by molar-refractivity contribution is -0.121. The molecule has 1 atom stereocenters. The molecule has 0 saturated heterocycles. The van der Waals surface area contributed by atoms with Crippen molar-refractivity contribution in [3.05, 3.63) is 46.5 Å². The lowest BCUT2D eigenvalue weighted by atomic mass is 9.97. The molecular formula is C18H25ClN2O3S. The van der Waals surface area contributed by atoms with Crippen molar-refractivity contribution in [3.63, 3.8) is 0 Å². The van der Waals surface area contributed by atoms with Crippen LogP contribution in [0.15, 0.2) is 35.9 Å². The van der Waals surface area contributed by atoms with E-state index >= 15 is 0 Å². The lowest BCUT2D eigenvalue weighted by Crippen LogP contribution is -2.33. The monoisotopic (exact) mass is 384 g/mol. The van der Waals surface area contributed by atoms with E-state index in [0.717, 1.165) is 25.5 Å². The molecule has 25 heavy (non-hydrogen) atoms. The molecule has 0 bridgehead atoms. The van der Waals surface area contributed by atoms with Crippen LogP contribution in [0, 0.1) is 0 Å². The minimum Gasteiger partial charge on any atom is -0.356 e. The molecule has 2 N–H and O–H groups in total. The summed E-state index contributed by atoms with van der Waals surface area (Å²) in [6.45, 7) is 0.580. The van der Waals surface area contributed by atoms with Gasteiger partial charge in [-0.1, -0.05) is 35.4 Å². The third-order valence-electron chi connectivity index (χ3n) is 4.17. The van der Waals surface area contributed by atoms with E-state index in [1.807, 2.05) is 0 Å².